The first-order valence-electron chi connectivity index (χ1n) is 14.1. The Morgan fingerprint density at radius 3 is 2.32 bits per heavy atom. The van der Waals surface area contributed by atoms with Crippen LogP contribution in [0.15, 0.2) is 23.1 Å². The van der Waals surface area contributed by atoms with Crippen molar-refractivity contribution in [3.8, 4) is 6.07 Å². The molecular formula is C28H38ClF2N5O4S. The molecule has 1 unspecified atom stereocenters. The molecule has 2 saturated heterocycles. The van der Waals surface area contributed by atoms with Gasteiger partial charge in [-0.25, -0.2) is 17.2 Å². The van der Waals surface area contributed by atoms with Crippen LogP contribution in [-0.4, -0.2) is 97.0 Å². The van der Waals surface area contributed by atoms with E-state index in [9.17, 15) is 32.4 Å². The van der Waals surface area contributed by atoms with E-state index in [2.05, 4.69) is 42.0 Å². The van der Waals surface area contributed by atoms with Gasteiger partial charge in [-0.3, -0.25) is 14.6 Å². The van der Waals surface area contributed by atoms with E-state index in [0.29, 0.717) is 12.8 Å². The van der Waals surface area contributed by atoms with Crippen LogP contribution >= 0.6 is 11.6 Å². The number of halogens is 3. The lowest BCUT2D eigenvalue weighted by molar-refractivity contribution is -0.199. The number of rotatable bonds is 7. The summed E-state index contributed by atoms with van der Waals surface area (Å²) in [7, 11) is -4.03. The van der Waals surface area contributed by atoms with Crippen LogP contribution in [0.25, 0.3) is 0 Å². The number of aliphatic hydroxyl groups is 1. The predicted molar refractivity (Wildman–Crippen MR) is 150 cm³/mol. The zero-order valence-corrected chi connectivity index (χ0v) is 25.2. The third-order valence-corrected chi connectivity index (χ3v) is 11.8. The number of likely N-dealkylation sites (tertiary alicyclic amines) is 1. The third-order valence-electron chi connectivity index (χ3n) is 9.11. The smallest absolute Gasteiger partial charge is 0.273 e. The van der Waals surface area contributed by atoms with Gasteiger partial charge in [-0.1, -0.05) is 11.6 Å². The lowest BCUT2D eigenvalue weighted by atomic mass is 9.91. The highest BCUT2D eigenvalue weighted by Gasteiger charge is 2.55. The maximum absolute atomic E-state index is 13.8. The number of carbonyl (C=O) groups excluding carboxylic acids is 1. The Balaban J connectivity index is 1.33. The van der Waals surface area contributed by atoms with Gasteiger partial charge < -0.3 is 15.3 Å². The van der Waals surface area contributed by atoms with Gasteiger partial charge in [-0.05, 0) is 64.7 Å². The largest absolute Gasteiger partial charge is 0.378 e. The zero-order chi connectivity index (χ0) is 30.0. The van der Waals surface area contributed by atoms with E-state index in [4.69, 9.17) is 11.6 Å². The Labute approximate surface area is 245 Å². The van der Waals surface area contributed by atoms with E-state index < -0.39 is 63.6 Å². The number of sulfone groups is 1. The number of carbonyl (C=O) groups is 1. The van der Waals surface area contributed by atoms with Crippen molar-refractivity contribution in [3.63, 3.8) is 0 Å². The van der Waals surface area contributed by atoms with Crippen molar-refractivity contribution in [1.82, 2.24) is 15.1 Å². The van der Waals surface area contributed by atoms with Crippen molar-refractivity contribution in [1.29, 1.82) is 5.26 Å². The Hall–Kier alpha value is -2.04. The van der Waals surface area contributed by atoms with Gasteiger partial charge >= 0.3 is 0 Å². The number of nitrogens with one attached hydrogen (secondary N) is 1. The highest BCUT2D eigenvalue weighted by atomic mass is 35.5. The molecule has 0 aromatic heterocycles. The van der Waals surface area contributed by atoms with Gasteiger partial charge in [0.05, 0.1) is 34.3 Å². The number of anilines is 1. The summed E-state index contributed by atoms with van der Waals surface area (Å²) in [5.41, 5.74) is -0.0947. The van der Waals surface area contributed by atoms with Gasteiger partial charge in [-0.15, -0.1) is 0 Å². The minimum atomic E-state index is -4.03. The summed E-state index contributed by atoms with van der Waals surface area (Å²) in [4.78, 5) is 18.9. The fourth-order valence-electron chi connectivity index (χ4n) is 6.36. The number of hydrogen-bond donors (Lipinski definition) is 2. The molecule has 2 heterocycles. The lowest BCUT2D eigenvalue weighted by Crippen LogP contribution is -2.62. The second-order valence-electron chi connectivity index (χ2n) is 13.0. The van der Waals surface area contributed by atoms with Crippen molar-refractivity contribution in [3.05, 3.63) is 23.2 Å². The van der Waals surface area contributed by atoms with Gasteiger partial charge in [0.25, 0.3) is 5.92 Å². The lowest BCUT2D eigenvalue weighted by Gasteiger charge is -2.44. The van der Waals surface area contributed by atoms with Gasteiger partial charge in [0.15, 0.2) is 9.84 Å². The quantitative estimate of drug-likeness (QED) is 0.482. The fraction of sp³-hybridized carbons (Fsp3) is 0.714. The molecule has 5 rings (SSSR count). The van der Waals surface area contributed by atoms with Crippen LogP contribution in [-0.2, 0) is 14.6 Å². The van der Waals surface area contributed by atoms with Crippen molar-refractivity contribution in [2.45, 2.75) is 79.8 Å². The monoisotopic (exact) mass is 613 g/mol. The molecule has 1 aromatic carbocycles. The molecule has 9 nitrogen and oxygen atoms in total. The minimum Gasteiger partial charge on any atom is -0.378 e. The maximum Gasteiger partial charge on any atom is 0.273 e. The maximum atomic E-state index is 13.8. The molecule has 4 fully saturated rings. The molecule has 2 aliphatic heterocycles. The number of nitrogens with zero attached hydrogens (tertiary/aromatic N) is 4. The topological polar surface area (TPSA) is 117 Å². The molecule has 0 bridgehead atoms. The number of alkyl halides is 2. The van der Waals surface area contributed by atoms with E-state index in [1.807, 2.05) is 0 Å². The number of nitriles is 1. The van der Waals surface area contributed by atoms with E-state index in [0.717, 1.165) is 36.8 Å². The van der Waals surface area contributed by atoms with E-state index in [1.54, 1.807) is 12.1 Å². The standard InChI is InChI=1S/C28H38ClF2N5O4S/c1-26(2,3)36-10-8-34(9-11-36)18-4-5-23(22(29)12-18)41(39,40)19-13-20(24(37)33-27(15-32)6-7-27)21(14-19)25(38)35-16-28(30,31)17-35/h4-5,12,19-21,25,38H,6-11,13-14,16-17H2,1-3H3,(H,33,37)/t19-,20-,21-,25?/m1/s1. The first-order valence-corrected chi connectivity index (χ1v) is 16.0. The molecule has 226 valence electrons. The Morgan fingerprint density at radius 2 is 1.80 bits per heavy atom. The molecule has 2 aliphatic carbocycles. The molecule has 1 aromatic rings. The second kappa shape index (κ2) is 10.6. The van der Waals surface area contributed by atoms with Crippen LogP contribution in [0, 0.1) is 23.2 Å². The Kier molecular flexibility index (Phi) is 7.86. The molecule has 13 heteroatoms. The number of benzene rings is 1. The number of amides is 1. The molecule has 41 heavy (non-hydrogen) atoms. The highest BCUT2D eigenvalue weighted by molar-refractivity contribution is 7.92. The molecule has 2 N–H and O–H groups in total. The number of hydrogen-bond acceptors (Lipinski definition) is 8. The minimum absolute atomic E-state index is 0.0540. The second-order valence-corrected chi connectivity index (χ2v) is 15.6. The Morgan fingerprint density at radius 1 is 1.17 bits per heavy atom. The van der Waals surface area contributed by atoms with Crippen LogP contribution < -0.4 is 10.2 Å². The van der Waals surface area contributed by atoms with Crippen LogP contribution in [0.2, 0.25) is 5.02 Å². The normalized spacial score (nSPS) is 28.9. The van der Waals surface area contributed by atoms with Crippen molar-refractivity contribution < 1.29 is 27.1 Å². The third kappa shape index (κ3) is 6.07. The van der Waals surface area contributed by atoms with E-state index >= 15 is 0 Å². The van der Waals surface area contributed by atoms with E-state index in [-0.39, 0.29) is 28.3 Å². The summed E-state index contributed by atoms with van der Waals surface area (Å²) in [5, 5.41) is 22.1. The van der Waals surface area contributed by atoms with Crippen molar-refractivity contribution >= 4 is 33.0 Å². The highest BCUT2D eigenvalue weighted by Crippen LogP contribution is 2.45. The van der Waals surface area contributed by atoms with Crippen LogP contribution in [0.3, 0.4) is 0 Å². The average molecular weight is 614 g/mol. The molecule has 0 radical (unpaired) electrons. The van der Waals surface area contributed by atoms with Crippen LogP contribution in [0.4, 0.5) is 14.5 Å². The summed E-state index contributed by atoms with van der Waals surface area (Å²) in [6.45, 7) is 8.49. The molecular weight excluding hydrogens is 576 g/mol. The van der Waals surface area contributed by atoms with Gasteiger partial charge in [0, 0.05) is 49.2 Å². The summed E-state index contributed by atoms with van der Waals surface area (Å²) in [6, 6.07) is 6.96. The van der Waals surface area contributed by atoms with Gasteiger partial charge in [0.2, 0.25) is 5.91 Å². The molecule has 4 aliphatic rings. The van der Waals surface area contributed by atoms with Gasteiger partial charge in [-0.2, -0.15) is 5.26 Å². The predicted octanol–water partition coefficient (Wildman–Crippen LogP) is 2.87. The summed E-state index contributed by atoms with van der Waals surface area (Å²) in [6.07, 6.45) is -0.623. The van der Waals surface area contributed by atoms with Crippen LogP contribution in [0.5, 0.6) is 0 Å². The SMILES string of the molecule is CC(C)(C)N1CCN(c2ccc(S(=O)(=O)[C@@H]3C[C@@H](C(=O)NC4(C#N)CC4)[C@H](C(O)N4CC(F)(F)C4)C3)c(Cl)c2)CC1. The zero-order valence-electron chi connectivity index (χ0n) is 23.6. The van der Waals surface area contributed by atoms with E-state index in [1.165, 1.54) is 6.07 Å². The molecule has 4 atom stereocenters. The average Bonchev–Trinajstić information content (AvgIpc) is 3.50. The molecule has 1 amide bonds. The number of piperazine rings is 1. The van der Waals surface area contributed by atoms with Gasteiger partial charge in [0.1, 0.15) is 11.8 Å². The van der Waals surface area contributed by atoms with Crippen LogP contribution in [0.1, 0.15) is 46.5 Å². The fourth-order valence-corrected chi connectivity index (χ4v) is 8.74. The first-order chi connectivity index (χ1) is 19.1. The van der Waals surface area contributed by atoms with Crippen molar-refractivity contribution in [2.75, 3.05) is 44.2 Å². The van der Waals surface area contributed by atoms with Crippen molar-refractivity contribution in [2.24, 2.45) is 11.8 Å². The number of aliphatic hydroxyl groups excluding tert-OH is 1. The molecule has 0 spiro atoms. The molecule has 2 saturated carbocycles. The summed E-state index contributed by atoms with van der Waals surface area (Å²) in [5.74, 6) is -5.32. The summed E-state index contributed by atoms with van der Waals surface area (Å²) >= 11 is 6.57. The summed E-state index contributed by atoms with van der Waals surface area (Å²) < 4.78 is 54.8. The first kappa shape index (κ1) is 30.4. The Bertz CT molecular complexity index is 1330.